The highest BCUT2D eigenvalue weighted by molar-refractivity contribution is 5.40. The van der Waals surface area contributed by atoms with Crippen LogP contribution >= 0.6 is 0 Å². The van der Waals surface area contributed by atoms with E-state index in [1.165, 1.54) is 12.1 Å². The van der Waals surface area contributed by atoms with E-state index in [4.69, 9.17) is 9.84 Å². The summed E-state index contributed by atoms with van der Waals surface area (Å²) in [4.78, 5) is 0. The molecule has 0 heterocycles. The molecule has 0 fully saturated rings. The van der Waals surface area contributed by atoms with Crippen molar-refractivity contribution < 1.29 is 27.8 Å². The lowest BCUT2D eigenvalue weighted by molar-refractivity contribution is -0.275. The molecule has 0 aliphatic heterocycles. The molecule has 0 saturated heterocycles. The van der Waals surface area contributed by atoms with Gasteiger partial charge in [-0.05, 0) is 19.1 Å². The summed E-state index contributed by atoms with van der Waals surface area (Å²) in [6, 6.07) is 3.90. The Hall–Kier alpha value is -1.43. The molecule has 1 aromatic carbocycles. The van der Waals surface area contributed by atoms with Crippen LogP contribution in [0.5, 0.6) is 11.5 Å². The van der Waals surface area contributed by atoms with Crippen molar-refractivity contribution in [2.24, 2.45) is 0 Å². The van der Waals surface area contributed by atoms with Crippen molar-refractivity contribution in [1.29, 1.82) is 0 Å². The lowest BCUT2D eigenvalue weighted by atomic mass is 10.2. The number of hydrogen-bond acceptors (Lipinski definition) is 3. The smallest absolute Gasteiger partial charge is 0.494 e. The minimum atomic E-state index is -4.78. The highest BCUT2D eigenvalue weighted by atomic mass is 19.4. The van der Waals surface area contributed by atoms with Gasteiger partial charge in [-0.1, -0.05) is 0 Å². The van der Waals surface area contributed by atoms with Crippen molar-refractivity contribution in [2.45, 2.75) is 19.9 Å². The van der Waals surface area contributed by atoms with Gasteiger partial charge in [-0.3, -0.25) is 0 Å². The Bertz CT molecular complexity index is 350. The van der Waals surface area contributed by atoms with Gasteiger partial charge >= 0.3 is 6.36 Å². The average molecular weight is 236 g/mol. The van der Waals surface area contributed by atoms with Crippen LogP contribution in [0.1, 0.15) is 12.5 Å². The first-order valence-electron chi connectivity index (χ1n) is 4.58. The van der Waals surface area contributed by atoms with Gasteiger partial charge in [0.1, 0.15) is 11.5 Å². The summed E-state index contributed by atoms with van der Waals surface area (Å²) in [5.41, 5.74) is 0.0563. The van der Waals surface area contributed by atoms with Crippen molar-refractivity contribution in [2.75, 3.05) is 6.61 Å². The maximum Gasteiger partial charge on any atom is 0.573 e. The maximum absolute atomic E-state index is 12.0. The Morgan fingerprint density at radius 2 is 2.00 bits per heavy atom. The fourth-order valence-corrected chi connectivity index (χ4v) is 1.14. The van der Waals surface area contributed by atoms with Gasteiger partial charge in [0.15, 0.2) is 0 Å². The third-order valence-electron chi connectivity index (χ3n) is 1.75. The molecule has 0 saturated carbocycles. The van der Waals surface area contributed by atoms with Gasteiger partial charge < -0.3 is 14.6 Å². The van der Waals surface area contributed by atoms with Crippen LogP contribution in [0.25, 0.3) is 0 Å². The Morgan fingerprint density at radius 3 is 2.50 bits per heavy atom. The lowest BCUT2D eigenvalue weighted by Crippen LogP contribution is -2.18. The van der Waals surface area contributed by atoms with Crippen LogP contribution in [0.2, 0.25) is 0 Å². The van der Waals surface area contributed by atoms with Crippen molar-refractivity contribution >= 4 is 0 Å². The Balaban J connectivity index is 2.97. The summed E-state index contributed by atoms with van der Waals surface area (Å²) in [5, 5.41) is 8.85. The van der Waals surface area contributed by atoms with Gasteiger partial charge in [-0.2, -0.15) is 0 Å². The van der Waals surface area contributed by atoms with E-state index in [9.17, 15) is 13.2 Å². The normalized spacial score (nSPS) is 11.3. The molecular formula is C10H11F3O3. The average Bonchev–Trinajstić information content (AvgIpc) is 2.16. The van der Waals surface area contributed by atoms with Gasteiger partial charge in [0, 0.05) is 11.6 Å². The molecule has 1 rings (SSSR count). The molecule has 0 radical (unpaired) electrons. The quantitative estimate of drug-likeness (QED) is 0.872. The van der Waals surface area contributed by atoms with E-state index < -0.39 is 18.7 Å². The summed E-state index contributed by atoms with van der Waals surface area (Å²) in [7, 11) is 0. The first-order valence-corrected chi connectivity index (χ1v) is 4.58. The molecule has 0 aliphatic carbocycles. The van der Waals surface area contributed by atoms with E-state index in [0.29, 0.717) is 6.61 Å². The van der Waals surface area contributed by atoms with Crippen molar-refractivity contribution in [3.63, 3.8) is 0 Å². The largest absolute Gasteiger partial charge is 0.573 e. The number of hydrogen-bond donors (Lipinski definition) is 1. The van der Waals surface area contributed by atoms with Crippen molar-refractivity contribution in [3.05, 3.63) is 23.8 Å². The van der Waals surface area contributed by atoms with Crippen molar-refractivity contribution in [1.82, 2.24) is 0 Å². The number of aliphatic hydroxyl groups excluding tert-OH is 1. The number of aliphatic hydroxyl groups is 1. The van der Waals surface area contributed by atoms with Gasteiger partial charge in [0.2, 0.25) is 0 Å². The molecule has 6 heteroatoms. The van der Waals surface area contributed by atoms with Crippen LogP contribution in [0.15, 0.2) is 18.2 Å². The van der Waals surface area contributed by atoms with Crippen LogP contribution in [0.3, 0.4) is 0 Å². The second-order valence-corrected chi connectivity index (χ2v) is 2.91. The predicted molar refractivity (Wildman–Crippen MR) is 50.2 cm³/mol. The number of halogens is 3. The minimum absolute atomic E-state index is 0.0563. The number of alkyl halides is 3. The molecule has 0 atom stereocenters. The highest BCUT2D eigenvalue weighted by Crippen LogP contribution is 2.30. The molecule has 3 nitrogen and oxygen atoms in total. The second kappa shape index (κ2) is 5.07. The van der Waals surface area contributed by atoms with E-state index in [2.05, 4.69) is 4.74 Å². The molecule has 0 amide bonds. The van der Waals surface area contributed by atoms with Crippen LogP contribution in [0, 0.1) is 0 Å². The minimum Gasteiger partial charge on any atom is -0.494 e. The first kappa shape index (κ1) is 12.6. The van der Waals surface area contributed by atoms with Gasteiger partial charge in [0.05, 0.1) is 13.2 Å². The zero-order chi connectivity index (χ0) is 12.2. The molecule has 1 N–H and O–H groups in total. The topological polar surface area (TPSA) is 38.7 Å². The van der Waals surface area contributed by atoms with E-state index >= 15 is 0 Å². The standard InChI is InChI=1S/C10H11F3O3/c1-2-15-8-4-3-7(6-14)9(5-8)16-10(11,12)13/h3-5,14H,2,6H2,1H3. The molecule has 0 aliphatic rings. The lowest BCUT2D eigenvalue weighted by Gasteiger charge is -2.13. The summed E-state index contributed by atoms with van der Waals surface area (Å²) in [5.74, 6) is -0.181. The van der Waals surface area contributed by atoms with E-state index in [-0.39, 0.29) is 11.3 Å². The van der Waals surface area contributed by atoms with E-state index in [1.54, 1.807) is 6.92 Å². The van der Waals surface area contributed by atoms with Crippen LogP contribution in [0.4, 0.5) is 13.2 Å². The Labute approximate surface area is 90.4 Å². The third kappa shape index (κ3) is 3.62. The monoisotopic (exact) mass is 236 g/mol. The fourth-order valence-electron chi connectivity index (χ4n) is 1.14. The first-order chi connectivity index (χ1) is 7.46. The summed E-state index contributed by atoms with van der Waals surface area (Å²) < 4.78 is 44.9. The molecule has 0 spiro atoms. The van der Waals surface area contributed by atoms with Gasteiger partial charge in [-0.15, -0.1) is 13.2 Å². The van der Waals surface area contributed by atoms with E-state index in [0.717, 1.165) is 6.07 Å². The Kier molecular flexibility index (Phi) is 4.00. The maximum atomic E-state index is 12.0. The zero-order valence-electron chi connectivity index (χ0n) is 8.54. The molecule has 16 heavy (non-hydrogen) atoms. The van der Waals surface area contributed by atoms with Crippen LogP contribution < -0.4 is 9.47 Å². The highest BCUT2D eigenvalue weighted by Gasteiger charge is 2.32. The van der Waals surface area contributed by atoms with E-state index in [1.807, 2.05) is 0 Å². The van der Waals surface area contributed by atoms with Crippen LogP contribution in [-0.2, 0) is 6.61 Å². The summed E-state index contributed by atoms with van der Waals surface area (Å²) in [6.45, 7) is 1.52. The SMILES string of the molecule is CCOc1ccc(CO)c(OC(F)(F)F)c1. The number of ether oxygens (including phenoxy) is 2. The third-order valence-corrected chi connectivity index (χ3v) is 1.75. The summed E-state index contributed by atoms with van der Waals surface area (Å²) in [6.07, 6.45) is -4.78. The zero-order valence-corrected chi connectivity index (χ0v) is 8.54. The number of benzene rings is 1. The summed E-state index contributed by atoms with van der Waals surface area (Å²) >= 11 is 0. The molecule has 90 valence electrons. The van der Waals surface area contributed by atoms with Crippen molar-refractivity contribution in [3.8, 4) is 11.5 Å². The molecular weight excluding hydrogens is 225 g/mol. The molecule has 0 unspecified atom stereocenters. The Morgan fingerprint density at radius 1 is 1.31 bits per heavy atom. The predicted octanol–water partition coefficient (Wildman–Crippen LogP) is 2.48. The van der Waals surface area contributed by atoms with Gasteiger partial charge in [-0.25, -0.2) is 0 Å². The molecule has 1 aromatic rings. The fraction of sp³-hybridized carbons (Fsp3) is 0.400. The molecule has 0 bridgehead atoms. The second-order valence-electron chi connectivity index (χ2n) is 2.91. The number of rotatable bonds is 4. The van der Waals surface area contributed by atoms with Crippen LogP contribution in [-0.4, -0.2) is 18.1 Å². The molecule has 0 aromatic heterocycles. The van der Waals surface area contributed by atoms with Gasteiger partial charge in [0.25, 0.3) is 0 Å².